The van der Waals surface area contributed by atoms with Crippen LogP contribution >= 0.6 is 0 Å². The zero-order valence-electron chi connectivity index (χ0n) is 34.1. The van der Waals surface area contributed by atoms with Crippen molar-refractivity contribution in [3.63, 3.8) is 0 Å². The van der Waals surface area contributed by atoms with E-state index in [-0.39, 0.29) is 18.5 Å². The maximum atomic E-state index is 12.7. The Morgan fingerprint density at radius 1 is 0.442 bits per heavy atom. The maximum absolute atomic E-state index is 12.7. The van der Waals surface area contributed by atoms with Gasteiger partial charge in [0.15, 0.2) is 0 Å². The van der Waals surface area contributed by atoms with Crippen molar-refractivity contribution in [2.24, 2.45) is 0 Å². The molecule has 0 aromatic heterocycles. The number of rotatable bonds is 39. The highest BCUT2D eigenvalue weighted by Gasteiger charge is 2.13. The molecule has 0 fully saturated rings. The molecule has 0 aliphatic heterocycles. The fourth-order valence-corrected chi connectivity index (χ4v) is 6.21. The van der Waals surface area contributed by atoms with Crippen molar-refractivity contribution in [1.29, 1.82) is 0 Å². The molecule has 0 radical (unpaired) electrons. The number of carbonyl (C=O) groups excluding carboxylic acids is 1. The van der Waals surface area contributed by atoms with Crippen LogP contribution in [0.25, 0.3) is 0 Å². The lowest BCUT2D eigenvalue weighted by molar-refractivity contribution is -0.150. The van der Waals surface area contributed by atoms with Crippen LogP contribution in [0, 0.1) is 0 Å². The van der Waals surface area contributed by atoms with Gasteiger partial charge in [-0.15, -0.1) is 0 Å². The van der Waals surface area contributed by atoms with Gasteiger partial charge in [0.2, 0.25) is 0 Å². The second kappa shape index (κ2) is 42.8. The van der Waals surface area contributed by atoms with Crippen LogP contribution in [0.1, 0.15) is 213 Å². The first-order chi connectivity index (χ1) is 25.6. The quantitative estimate of drug-likeness (QED) is 0.0390. The number of allylic oxidation sites excluding steroid dienone is 12. The smallest absolute Gasteiger partial charge is 0.306 e. The van der Waals surface area contributed by atoms with Gasteiger partial charge in [-0.05, 0) is 96.3 Å². The highest BCUT2D eigenvalue weighted by atomic mass is 16.5. The predicted octanol–water partition coefficient (Wildman–Crippen LogP) is 15.5. The highest BCUT2D eigenvalue weighted by molar-refractivity contribution is 5.69. The average molecular weight is 723 g/mol. The second-order valence-corrected chi connectivity index (χ2v) is 14.5. The van der Waals surface area contributed by atoms with E-state index in [1.165, 1.54) is 89.9 Å². The van der Waals surface area contributed by atoms with Gasteiger partial charge in [0.25, 0.3) is 0 Å². The van der Waals surface area contributed by atoms with E-state index in [1.54, 1.807) is 0 Å². The van der Waals surface area contributed by atoms with Crippen LogP contribution < -0.4 is 0 Å². The Bertz CT molecular complexity index is 953. The number of hydrogen-bond acceptors (Lipinski definition) is 3. The summed E-state index contributed by atoms with van der Waals surface area (Å²) in [6.45, 7) is 4.42. The number of carboxylic acid groups (broad SMARTS) is 1. The summed E-state index contributed by atoms with van der Waals surface area (Å²) in [6.07, 6.45) is 60.7. The summed E-state index contributed by atoms with van der Waals surface area (Å²) in [4.78, 5) is 23.4. The molecular weight excluding hydrogens is 641 g/mol. The summed E-state index contributed by atoms with van der Waals surface area (Å²) >= 11 is 0. The molecule has 0 saturated carbocycles. The van der Waals surface area contributed by atoms with E-state index in [2.05, 4.69) is 86.8 Å². The standard InChI is InChI=1S/C48H82O4/c1-3-5-7-9-11-13-15-17-18-19-20-21-22-23-24-26-28-30-32-37-41-45-48(51)52-46(43-39-35-33-36-40-44-47(49)50)42-38-34-31-29-27-25-16-14-12-10-8-6-4-2/h6,8,12,14-15,17,19-20,25,27,31,34,46H,3-5,7,9-11,13,16,18,21-24,26,28-30,32-33,35-45H2,1-2H3,(H,49,50)/b8-6-,14-12-,17-15-,20-19-,27-25-,34-31-. The lowest BCUT2D eigenvalue weighted by Crippen LogP contribution is -2.18. The van der Waals surface area contributed by atoms with E-state index in [1.807, 2.05) is 0 Å². The number of carbonyl (C=O) groups is 2. The molecule has 1 unspecified atom stereocenters. The molecule has 0 aliphatic rings. The zero-order chi connectivity index (χ0) is 37.8. The zero-order valence-corrected chi connectivity index (χ0v) is 34.1. The minimum Gasteiger partial charge on any atom is -0.481 e. The van der Waals surface area contributed by atoms with Crippen LogP contribution in [0.3, 0.4) is 0 Å². The Morgan fingerprint density at radius 3 is 1.35 bits per heavy atom. The largest absolute Gasteiger partial charge is 0.481 e. The molecule has 0 aliphatic carbocycles. The fraction of sp³-hybridized carbons (Fsp3) is 0.708. The molecule has 4 nitrogen and oxygen atoms in total. The van der Waals surface area contributed by atoms with E-state index in [9.17, 15) is 9.59 Å². The van der Waals surface area contributed by atoms with Gasteiger partial charge >= 0.3 is 11.9 Å². The molecule has 4 heteroatoms. The van der Waals surface area contributed by atoms with Crippen molar-refractivity contribution in [3.8, 4) is 0 Å². The van der Waals surface area contributed by atoms with Crippen molar-refractivity contribution in [2.45, 2.75) is 219 Å². The third-order valence-electron chi connectivity index (χ3n) is 9.42. The lowest BCUT2D eigenvalue weighted by Gasteiger charge is -2.17. The Hall–Kier alpha value is -2.62. The number of carboxylic acids is 1. The summed E-state index contributed by atoms with van der Waals surface area (Å²) in [7, 11) is 0. The normalized spacial score (nSPS) is 13.0. The van der Waals surface area contributed by atoms with Gasteiger partial charge in [-0.25, -0.2) is 0 Å². The van der Waals surface area contributed by atoms with E-state index < -0.39 is 5.97 Å². The van der Waals surface area contributed by atoms with Crippen molar-refractivity contribution >= 4 is 11.9 Å². The lowest BCUT2D eigenvalue weighted by atomic mass is 10.0. The van der Waals surface area contributed by atoms with E-state index in [0.717, 1.165) is 96.3 Å². The fourth-order valence-electron chi connectivity index (χ4n) is 6.21. The molecule has 0 aromatic rings. The summed E-state index contributed by atoms with van der Waals surface area (Å²) in [6, 6.07) is 0. The molecule has 0 rings (SSSR count). The SMILES string of the molecule is CC/C=C\C/C=C\C/C=C\C/C=C\CCC(CCCCCCCC(=O)O)OC(=O)CCCCCCCCCCC/C=C\C/C=C\CCCCCCC. The van der Waals surface area contributed by atoms with Gasteiger partial charge in [0.05, 0.1) is 0 Å². The number of unbranched alkanes of at least 4 members (excludes halogenated alkanes) is 18. The van der Waals surface area contributed by atoms with Gasteiger partial charge in [0.1, 0.15) is 6.10 Å². The minimum atomic E-state index is -0.713. The van der Waals surface area contributed by atoms with Gasteiger partial charge < -0.3 is 9.84 Å². The van der Waals surface area contributed by atoms with E-state index >= 15 is 0 Å². The minimum absolute atomic E-state index is 0.0270. The van der Waals surface area contributed by atoms with Gasteiger partial charge in [0, 0.05) is 12.8 Å². The molecule has 0 amide bonds. The van der Waals surface area contributed by atoms with Crippen LogP contribution in [-0.4, -0.2) is 23.1 Å². The van der Waals surface area contributed by atoms with E-state index in [4.69, 9.17) is 9.84 Å². The van der Waals surface area contributed by atoms with Crippen molar-refractivity contribution in [3.05, 3.63) is 72.9 Å². The predicted molar refractivity (Wildman–Crippen MR) is 227 cm³/mol. The molecule has 0 bridgehead atoms. The highest BCUT2D eigenvalue weighted by Crippen LogP contribution is 2.17. The molecule has 1 atom stereocenters. The number of hydrogen-bond donors (Lipinski definition) is 1. The number of aliphatic carboxylic acids is 1. The van der Waals surface area contributed by atoms with Crippen LogP contribution in [0.15, 0.2) is 72.9 Å². The first-order valence-corrected chi connectivity index (χ1v) is 21.9. The van der Waals surface area contributed by atoms with Gasteiger partial charge in [-0.3, -0.25) is 9.59 Å². The summed E-state index contributed by atoms with van der Waals surface area (Å²) in [5, 5.41) is 8.83. The molecule has 0 aromatic carbocycles. The summed E-state index contributed by atoms with van der Waals surface area (Å²) in [5.41, 5.74) is 0. The van der Waals surface area contributed by atoms with Crippen molar-refractivity contribution in [1.82, 2.24) is 0 Å². The third kappa shape index (κ3) is 41.8. The summed E-state index contributed by atoms with van der Waals surface area (Å²) in [5.74, 6) is -0.755. The number of esters is 1. The number of ether oxygens (including phenoxy) is 1. The topological polar surface area (TPSA) is 63.6 Å². The molecule has 0 spiro atoms. The van der Waals surface area contributed by atoms with E-state index in [0.29, 0.717) is 6.42 Å². The Labute approximate surface area is 322 Å². The maximum Gasteiger partial charge on any atom is 0.306 e. The average Bonchev–Trinajstić information content (AvgIpc) is 3.13. The van der Waals surface area contributed by atoms with Crippen molar-refractivity contribution in [2.75, 3.05) is 0 Å². The third-order valence-corrected chi connectivity index (χ3v) is 9.42. The second-order valence-electron chi connectivity index (χ2n) is 14.5. The Kier molecular flexibility index (Phi) is 40.6. The van der Waals surface area contributed by atoms with Crippen molar-refractivity contribution < 1.29 is 19.4 Å². The Morgan fingerprint density at radius 2 is 0.846 bits per heavy atom. The molecular formula is C48H82O4. The summed E-state index contributed by atoms with van der Waals surface area (Å²) < 4.78 is 5.98. The van der Waals surface area contributed by atoms with Gasteiger partial charge in [-0.2, -0.15) is 0 Å². The first-order valence-electron chi connectivity index (χ1n) is 21.9. The van der Waals surface area contributed by atoms with Crippen LogP contribution in [-0.2, 0) is 14.3 Å². The van der Waals surface area contributed by atoms with Crippen LogP contribution in [0.5, 0.6) is 0 Å². The first kappa shape index (κ1) is 49.4. The molecule has 52 heavy (non-hydrogen) atoms. The van der Waals surface area contributed by atoms with Crippen LogP contribution in [0.4, 0.5) is 0 Å². The molecule has 0 heterocycles. The Balaban J connectivity index is 4.07. The molecule has 0 saturated heterocycles. The van der Waals surface area contributed by atoms with Gasteiger partial charge in [-0.1, -0.05) is 177 Å². The van der Waals surface area contributed by atoms with Crippen LogP contribution in [0.2, 0.25) is 0 Å². The monoisotopic (exact) mass is 723 g/mol. The molecule has 1 N–H and O–H groups in total. The molecule has 298 valence electrons.